The van der Waals surface area contributed by atoms with Crippen LogP contribution in [0.4, 0.5) is 0 Å². The van der Waals surface area contributed by atoms with E-state index in [1.165, 1.54) is 11.8 Å². The Morgan fingerprint density at radius 2 is 1.75 bits per heavy atom. The predicted octanol–water partition coefficient (Wildman–Crippen LogP) is 3.64. The van der Waals surface area contributed by atoms with Crippen LogP contribution in [0.2, 0.25) is 0 Å². The molecule has 0 aliphatic heterocycles. The van der Waals surface area contributed by atoms with Gasteiger partial charge in [-0.2, -0.15) is 0 Å². The quantitative estimate of drug-likeness (QED) is 0.583. The first-order valence-corrected chi connectivity index (χ1v) is 10.0. The minimum atomic E-state index is -0.606. The van der Waals surface area contributed by atoms with Gasteiger partial charge < -0.3 is 19.1 Å². The Morgan fingerprint density at radius 3 is 2.39 bits per heavy atom. The van der Waals surface area contributed by atoms with Crippen molar-refractivity contribution in [2.75, 3.05) is 19.5 Å². The highest BCUT2D eigenvalue weighted by molar-refractivity contribution is 7.99. The molecule has 0 fully saturated rings. The van der Waals surface area contributed by atoms with E-state index in [1.54, 1.807) is 7.11 Å². The number of aliphatic hydroxyl groups is 1. The van der Waals surface area contributed by atoms with Crippen LogP contribution in [0.1, 0.15) is 11.1 Å². The predicted molar refractivity (Wildman–Crippen MR) is 111 cm³/mol. The lowest BCUT2D eigenvalue weighted by Gasteiger charge is -2.15. The van der Waals surface area contributed by atoms with Crippen LogP contribution in [0.5, 0.6) is 11.5 Å². The number of methoxy groups -OCH3 is 1. The number of aryl methyl sites for hydroxylation is 2. The highest BCUT2D eigenvalue weighted by atomic mass is 32.2. The van der Waals surface area contributed by atoms with Gasteiger partial charge in [-0.1, -0.05) is 30.0 Å². The SMILES string of the molecule is COc1ccc(-c2nnc(SCC(O)COc3c(C)cccc3C)n2C)cc1. The summed E-state index contributed by atoms with van der Waals surface area (Å²) in [4.78, 5) is 0. The molecular weight excluding hydrogens is 374 g/mol. The number of para-hydroxylation sites is 1. The van der Waals surface area contributed by atoms with Gasteiger partial charge in [-0.25, -0.2) is 0 Å². The average molecular weight is 400 g/mol. The summed E-state index contributed by atoms with van der Waals surface area (Å²) in [7, 11) is 3.56. The molecule has 0 saturated heterocycles. The van der Waals surface area contributed by atoms with E-state index in [0.29, 0.717) is 5.75 Å². The van der Waals surface area contributed by atoms with Crippen molar-refractivity contribution in [3.8, 4) is 22.9 Å². The van der Waals surface area contributed by atoms with Crippen LogP contribution in [-0.2, 0) is 7.05 Å². The van der Waals surface area contributed by atoms with Crippen LogP contribution >= 0.6 is 11.8 Å². The fraction of sp³-hybridized carbons (Fsp3) is 0.333. The summed E-state index contributed by atoms with van der Waals surface area (Å²) in [5.41, 5.74) is 3.09. The van der Waals surface area contributed by atoms with Gasteiger partial charge in [-0.05, 0) is 49.2 Å². The van der Waals surface area contributed by atoms with Crippen molar-refractivity contribution < 1.29 is 14.6 Å². The molecule has 1 heterocycles. The van der Waals surface area contributed by atoms with Crippen molar-refractivity contribution in [2.24, 2.45) is 7.05 Å². The number of ether oxygens (including phenoxy) is 2. The first-order valence-electron chi connectivity index (χ1n) is 9.03. The van der Waals surface area contributed by atoms with Crippen molar-refractivity contribution in [1.82, 2.24) is 14.8 Å². The Bertz CT molecular complexity index is 905. The molecule has 0 amide bonds. The second-order valence-electron chi connectivity index (χ2n) is 6.59. The van der Waals surface area contributed by atoms with Crippen LogP contribution in [0.25, 0.3) is 11.4 Å². The van der Waals surface area contributed by atoms with Crippen molar-refractivity contribution >= 4 is 11.8 Å². The summed E-state index contributed by atoms with van der Waals surface area (Å²) in [6.07, 6.45) is -0.606. The van der Waals surface area contributed by atoms with Gasteiger partial charge in [0.25, 0.3) is 0 Å². The van der Waals surface area contributed by atoms with Gasteiger partial charge in [0.2, 0.25) is 0 Å². The largest absolute Gasteiger partial charge is 0.497 e. The van der Waals surface area contributed by atoms with Gasteiger partial charge in [0, 0.05) is 18.4 Å². The normalized spacial score (nSPS) is 12.0. The third-order valence-electron chi connectivity index (χ3n) is 4.42. The van der Waals surface area contributed by atoms with Gasteiger partial charge in [-0.3, -0.25) is 0 Å². The molecule has 3 aromatic rings. The molecule has 3 rings (SSSR count). The number of benzene rings is 2. The number of aromatic nitrogens is 3. The summed E-state index contributed by atoms with van der Waals surface area (Å²) >= 11 is 1.46. The molecule has 1 aromatic heterocycles. The van der Waals surface area contributed by atoms with E-state index in [1.807, 2.05) is 67.9 Å². The molecular formula is C21H25N3O3S. The van der Waals surface area contributed by atoms with Crippen LogP contribution in [-0.4, -0.2) is 45.4 Å². The molecule has 0 saturated carbocycles. The summed E-state index contributed by atoms with van der Waals surface area (Å²) in [6, 6.07) is 13.7. The smallest absolute Gasteiger partial charge is 0.191 e. The highest BCUT2D eigenvalue weighted by Gasteiger charge is 2.14. The van der Waals surface area contributed by atoms with E-state index in [0.717, 1.165) is 39.2 Å². The van der Waals surface area contributed by atoms with Crippen molar-refractivity contribution in [1.29, 1.82) is 0 Å². The molecule has 1 N–H and O–H groups in total. The summed E-state index contributed by atoms with van der Waals surface area (Å²) in [5.74, 6) is 2.88. The van der Waals surface area contributed by atoms with E-state index < -0.39 is 6.10 Å². The molecule has 28 heavy (non-hydrogen) atoms. The molecule has 0 aliphatic rings. The maximum Gasteiger partial charge on any atom is 0.191 e. The third kappa shape index (κ3) is 4.66. The second-order valence-corrected chi connectivity index (χ2v) is 7.58. The number of aliphatic hydroxyl groups excluding tert-OH is 1. The zero-order chi connectivity index (χ0) is 20.1. The minimum Gasteiger partial charge on any atom is -0.497 e. The Kier molecular flexibility index (Phi) is 6.59. The van der Waals surface area contributed by atoms with E-state index in [4.69, 9.17) is 9.47 Å². The van der Waals surface area contributed by atoms with E-state index in [9.17, 15) is 5.11 Å². The molecule has 2 aromatic carbocycles. The van der Waals surface area contributed by atoms with E-state index >= 15 is 0 Å². The van der Waals surface area contributed by atoms with Gasteiger partial charge in [-0.15, -0.1) is 10.2 Å². The van der Waals surface area contributed by atoms with Gasteiger partial charge >= 0.3 is 0 Å². The maximum atomic E-state index is 10.3. The van der Waals surface area contributed by atoms with Gasteiger partial charge in [0.05, 0.1) is 13.2 Å². The van der Waals surface area contributed by atoms with Crippen molar-refractivity contribution in [3.05, 3.63) is 53.6 Å². The molecule has 0 radical (unpaired) electrons. The lowest BCUT2D eigenvalue weighted by Crippen LogP contribution is -2.21. The Balaban J connectivity index is 1.58. The number of hydrogen-bond donors (Lipinski definition) is 1. The number of thioether (sulfide) groups is 1. The first kappa shape index (κ1) is 20.2. The molecule has 148 valence electrons. The summed E-state index contributed by atoms with van der Waals surface area (Å²) in [6.45, 7) is 4.25. The topological polar surface area (TPSA) is 69.4 Å². The monoisotopic (exact) mass is 399 g/mol. The molecule has 7 heteroatoms. The second kappa shape index (κ2) is 9.12. The van der Waals surface area contributed by atoms with Crippen LogP contribution in [0.15, 0.2) is 47.6 Å². The third-order valence-corrected chi connectivity index (χ3v) is 5.58. The summed E-state index contributed by atoms with van der Waals surface area (Å²) < 4.78 is 12.9. The van der Waals surface area contributed by atoms with E-state index in [2.05, 4.69) is 10.2 Å². The summed E-state index contributed by atoms with van der Waals surface area (Å²) in [5, 5.41) is 19.6. The lowest BCUT2D eigenvalue weighted by atomic mass is 10.1. The fourth-order valence-electron chi connectivity index (χ4n) is 2.86. The number of nitrogens with zero attached hydrogens (tertiary/aromatic N) is 3. The standard InChI is InChI=1S/C21H25N3O3S/c1-14-6-5-7-15(2)19(14)27-12-17(25)13-28-21-23-22-20(24(21)3)16-8-10-18(26-4)11-9-16/h5-11,17,25H,12-13H2,1-4H3. The highest BCUT2D eigenvalue weighted by Crippen LogP contribution is 2.26. The minimum absolute atomic E-state index is 0.238. The van der Waals surface area contributed by atoms with Gasteiger partial charge in [0.1, 0.15) is 18.1 Å². The van der Waals surface area contributed by atoms with Crippen LogP contribution in [0.3, 0.4) is 0 Å². The fourth-order valence-corrected chi connectivity index (χ4v) is 3.67. The van der Waals surface area contributed by atoms with Crippen molar-refractivity contribution in [2.45, 2.75) is 25.1 Å². The van der Waals surface area contributed by atoms with Crippen molar-refractivity contribution in [3.63, 3.8) is 0 Å². The van der Waals surface area contributed by atoms with Crippen LogP contribution < -0.4 is 9.47 Å². The molecule has 0 spiro atoms. The Hall–Kier alpha value is -2.51. The number of hydrogen-bond acceptors (Lipinski definition) is 6. The molecule has 1 unspecified atom stereocenters. The number of rotatable bonds is 8. The molecule has 0 bridgehead atoms. The first-order chi connectivity index (χ1) is 13.5. The molecule has 6 nitrogen and oxygen atoms in total. The lowest BCUT2D eigenvalue weighted by molar-refractivity contribution is 0.125. The average Bonchev–Trinajstić information content (AvgIpc) is 3.06. The van der Waals surface area contributed by atoms with Crippen LogP contribution in [0, 0.1) is 13.8 Å². The Labute approximate surface area is 169 Å². The Morgan fingerprint density at radius 1 is 1.07 bits per heavy atom. The molecule has 0 aliphatic carbocycles. The maximum absolute atomic E-state index is 10.3. The van der Waals surface area contributed by atoms with E-state index in [-0.39, 0.29) is 6.61 Å². The molecule has 1 atom stereocenters. The zero-order valence-corrected chi connectivity index (χ0v) is 17.4. The van der Waals surface area contributed by atoms with Gasteiger partial charge in [0.15, 0.2) is 11.0 Å². The zero-order valence-electron chi connectivity index (χ0n) is 16.5.